The predicted molar refractivity (Wildman–Crippen MR) is 217 cm³/mol. The SMILES string of the molecule is CC/C=C\C/C=C\C/C=C\C/C=C\C/C=C\CCCC(=O)NC(COP(=O)(O)OCC[N+](C)(C)C)C(O)CCCCCCCCCCCCCC. The molecule has 0 aliphatic heterocycles. The Bertz CT molecular complexity index is 1020. The molecule has 0 saturated heterocycles. The van der Waals surface area contributed by atoms with Crippen molar-refractivity contribution in [3.63, 3.8) is 0 Å². The van der Waals surface area contributed by atoms with Gasteiger partial charge in [0.15, 0.2) is 0 Å². The van der Waals surface area contributed by atoms with Gasteiger partial charge >= 0.3 is 7.82 Å². The summed E-state index contributed by atoms with van der Waals surface area (Å²) in [5, 5.41) is 13.8. The molecule has 0 bridgehead atoms. The number of quaternary nitrogens is 1. The number of aliphatic hydroxyl groups excluding tert-OH is 1. The average Bonchev–Trinajstić information content (AvgIpc) is 3.07. The summed E-state index contributed by atoms with van der Waals surface area (Å²) < 4.78 is 23.5. The Kier molecular flexibility index (Phi) is 32.8. The molecule has 0 aliphatic rings. The van der Waals surface area contributed by atoms with Crippen LogP contribution in [0.15, 0.2) is 60.8 Å². The fourth-order valence-corrected chi connectivity index (χ4v) is 6.05. The molecule has 0 aliphatic carbocycles. The number of allylic oxidation sites excluding steroid dienone is 10. The minimum absolute atomic E-state index is 0.0610. The number of phosphoric acid groups is 1. The highest BCUT2D eigenvalue weighted by Gasteiger charge is 2.28. The molecule has 1 amide bonds. The normalized spacial score (nSPS) is 15.2. The Hall–Kier alpha value is -1.80. The molecule has 0 fully saturated rings. The number of carbonyl (C=O) groups excluding carboxylic acids is 1. The van der Waals surface area contributed by atoms with E-state index in [2.05, 4.69) is 79.9 Å². The van der Waals surface area contributed by atoms with Gasteiger partial charge in [-0.15, -0.1) is 0 Å². The number of nitrogens with zero attached hydrogens (tertiary/aromatic N) is 1. The molecule has 0 aromatic heterocycles. The molecule has 3 unspecified atom stereocenters. The van der Waals surface area contributed by atoms with Gasteiger partial charge in [0.1, 0.15) is 13.2 Å². The number of unbranched alkanes of at least 4 members (excludes halogenated alkanes) is 12. The summed E-state index contributed by atoms with van der Waals surface area (Å²) in [6.45, 7) is 4.69. The van der Waals surface area contributed by atoms with Gasteiger partial charge in [-0.05, 0) is 51.4 Å². The molecule has 0 heterocycles. The summed E-state index contributed by atoms with van der Waals surface area (Å²) in [4.78, 5) is 23.0. The molecule has 0 saturated carbocycles. The molecule has 296 valence electrons. The van der Waals surface area contributed by atoms with Gasteiger partial charge in [-0.25, -0.2) is 4.57 Å². The lowest BCUT2D eigenvalue weighted by atomic mass is 10.0. The second kappa shape index (κ2) is 34.0. The summed E-state index contributed by atoms with van der Waals surface area (Å²) in [6.07, 6.45) is 42.5. The van der Waals surface area contributed by atoms with E-state index in [9.17, 15) is 19.4 Å². The van der Waals surface area contributed by atoms with E-state index in [0.717, 1.165) is 57.8 Å². The van der Waals surface area contributed by atoms with Crippen LogP contribution in [0.4, 0.5) is 0 Å². The molecule has 0 aromatic carbocycles. The molecule has 0 rings (SSSR count). The van der Waals surface area contributed by atoms with E-state index < -0.39 is 20.0 Å². The van der Waals surface area contributed by atoms with Gasteiger partial charge in [0.25, 0.3) is 0 Å². The molecule has 0 radical (unpaired) electrons. The molecule has 51 heavy (non-hydrogen) atoms. The quantitative estimate of drug-likeness (QED) is 0.0259. The van der Waals surface area contributed by atoms with E-state index in [0.29, 0.717) is 30.3 Å². The first kappa shape index (κ1) is 49.2. The summed E-state index contributed by atoms with van der Waals surface area (Å²) in [6, 6.07) is -0.790. The largest absolute Gasteiger partial charge is 0.472 e. The lowest BCUT2D eigenvalue weighted by molar-refractivity contribution is -0.870. The van der Waals surface area contributed by atoms with Crippen molar-refractivity contribution in [2.45, 2.75) is 161 Å². The fraction of sp³-hybridized carbons (Fsp3) is 0.738. The topological polar surface area (TPSA) is 105 Å². The lowest BCUT2D eigenvalue weighted by Crippen LogP contribution is -2.46. The summed E-state index contributed by atoms with van der Waals surface area (Å²) in [5.41, 5.74) is 0. The molecule has 0 spiro atoms. The molecular weight excluding hydrogens is 659 g/mol. The molecule has 8 nitrogen and oxygen atoms in total. The van der Waals surface area contributed by atoms with Crippen LogP contribution < -0.4 is 5.32 Å². The van der Waals surface area contributed by atoms with Crippen LogP contribution in [-0.2, 0) is 18.4 Å². The number of nitrogens with one attached hydrogen (secondary N) is 1. The number of carbonyl (C=O) groups is 1. The highest BCUT2D eigenvalue weighted by Crippen LogP contribution is 2.43. The molecule has 3 atom stereocenters. The minimum atomic E-state index is -4.33. The Morgan fingerprint density at radius 2 is 1.16 bits per heavy atom. The molecular formula is C42H78N2O6P+. The van der Waals surface area contributed by atoms with Crippen molar-refractivity contribution in [2.75, 3.05) is 40.9 Å². The Balaban J connectivity index is 4.56. The highest BCUT2D eigenvalue weighted by atomic mass is 31.2. The van der Waals surface area contributed by atoms with Gasteiger partial charge in [0, 0.05) is 6.42 Å². The van der Waals surface area contributed by atoms with Crippen LogP contribution in [-0.4, -0.2) is 73.4 Å². The minimum Gasteiger partial charge on any atom is -0.391 e. The van der Waals surface area contributed by atoms with Crippen LogP contribution in [0.5, 0.6) is 0 Å². The number of rotatable bonds is 35. The van der Waals surface area contributed by atoms with Crippen LogP contribution in [0, 0.1) is 0 Å². The summed E-state index contributed by atoms with van der Waals surface area (Å²) in [5.74, 6) is -0.205. The number of hydrogen-bond acceptors (Lipinski definition) is 5. The van der Waals surface area contributed by atoms with Crippen molar-refractivity contribution in [3.05, 3.63) is 60.8 Å². The van der Waals surface area contributed by atoms with Crippen LogP contribution in [0.1, 0.15) is 149 Å². The van der Waals surface area contributed by atoms with Gasteiger partial charge < -0.3 is 19.8 Å². The zero-order valence-electron chi connectivity index (χ0n) is 33.3. The van der Waals surface area contributed by atoms with Crippen LogP contribution in [0.3, 0.4) is 0 Å². The van der Waals surface area contributed by atoms with Crippen molar-refractivity contribution in [2.24, 2.45) is 0 Å². The zero-order chi connectivity index (χ0) is 37.9. The molecule has 3 N–H and O–H groups in total. The van der Waals surface area contributed by atoms with Crippen LogP contribution in [0.2, 0.25) is 0 Å². The first-order valence-electron chi connectivity index (χ1n) is 20.2. The third-order valence-electron chi connectivity index (χ3n) is 8.53. The lowest BCUT2D eigenvalue weighted by Gasteiger charge is -2.26. The van der Waals surface area contributed by atoms with Crippen LogP contribution >= 0.6 is 7.82 Å². The maximum absolute atomic E-state index is 12.8. The number of amides is 1. The predicted octanol–water partition coefficient (Wildman–Crippen LogP) is 10.7. The number of phosphoric ester groups is 1. The molecule has 0 aromatic rings. The Morgan fingerprint density at radius 3 is 1.65 bits per heavy atom. The molecule has 9 heteroatoms. The average molecular weight is 738 g/mol. The van der Waals surface area contributed by atoms with Crippen molar-refractivity contribution in [1.29, 1.82) is 0 Å². The van der Waals surface area contributed by atoms with Gasteiger partial charge in [-0.3, -0.25) is 13.8 Å². The maximum atomic E-state index is 12.8. The second-order valence-electron chi connectivity index (χ2n) is 14.6. The fourth-order valence-electron chi connectivity index (χ4n) is 5.31. The van der Waals surface area contributed by atoms with Crippen molar-refractivity contribution in [3.8, 4) is 0 Å². The van der Waals surface area contributed by atoms with E-state index in [4.69, 9.17) is 9.05 Å². The third kappa shape index (κ3) is 36.4. The van der Waals surface area contributed by atoms with Crippen LogP contribution in [0.25, 0.3) is 0 Å². The number of hydrogen-bond donors (Lipinski definition) is 3. The Morgan fingerprint density at radius 1 is 0.686 bits per heavy atom. The van der Waals surface area contributed by atoms with Gasteiger partial charge in [0.05, 0.1) is 39.9 Å². The summed E-state index contributed by atoms with van der Waals surface area (Å²) in [7, 11) is 1.57. The number of likely N-dealkylation sites (N-methyl/N-ethyl adjacent to an activating group) is 1. The van der Waals surface area contributed by atoms with E-state index in [1.165, 1.54) is 57.8 Å². The first-order chi connectivity index (χ1) is 24.5. The smallest absolute Gasteiger partial charge is 0.391 e. The Labute approximate surface area is 313 Å². The van der Waals surface area contributed by atoms with Crippen molar-refractivity contribution in [1.82, 2.24) is 5.32 Å². The number of aliphatic hydroxyl groups is 1. The maximum Gasteiger partial charge on any atom is 0.472 e. The highest BCUT2D eigenvalue weighted by molar-refractivity contribution is 7.47. The van der Waals surface area contributed by atoms with E-state index in [1.54, 1.807) is 0 Å². The monoisotopic (exact) mass is 738 g/mol. The zero-order valence-corrected chi connectivity index (χ0v) is 34.2. The van der Waals surface area contributed by atoms with Crippen molar-refractivity contribution >= 4 is 13.7 Å². The van der Waals surface area contributed by atoms with Gasteiger partial charge in [-0.2, -0.15) is 0 Å². The van der Waals surface area contributed by atoms with Crippen molar-refractivity contribution < 1.29 is 32.9 Å². The summed E-state index contributed by atoms with van der Waals surface area (Å²) >= 11 is 0. The van der Waals surface area contributed by atoms with E-state index >= 15 is 0 Å². The third-order valence-corrected chi connectivity index (χ3v) is 9.51. The second-order valence-corrected chi connectivity index (χ2v) is 16.1. The van der Waals surface area contributed by atoms with Gasteiger partial charge in [-0.1, -0.05) is 152 Å². The van der Waals surface area contributed by atoms with Gasteiger partial charge in [0.2, 0.25) is 5.91 Å². The first-order valence-corrected chi connectivity index (χ1v) is 21.6. The standard InChI is InChI=1S/C42H77N2O6P/c1-6-8-10-12-14-16-18-20-21-22-23-24-26-28-30-32-34-36-42(46)43-40(39-50-51(47,48)49-38-37-44(3,4)5)41(45)35-33-31-29-27-25-19-17-15-13-11-9-7-2/h8,10,14,16,20-21,23-24,28,30,40-41,45H,6-7,9,11-13,15,17-19,22,25-27,29,31-39H2,1-5H3,(H-,43,46,47,48)/p+1/b10-8-,16-14-,21-20-,24-23-,30-28-. The van der Waals surface area contributed by atoms with E-state index in [1.807, 2.05) is 21.1 Å². The van der Waals surface area contributed by atoms with E-state index in [-0.39, 0.29) is 19.1 Å².